The molecule has 1 fully saturated rings. The largest absolute Gasteiger partial charge is 0.481 e. The molecule has 2 amide bonds. The molecule has 2 atom stereocenters. The quantitative estimate of drug-likeness (QED) is 0.0933. The first-order chi connectivity index (χ1) is 20.7. The van der Waals surface area contributed by atoms with Crippen LogP contribution in [0.25, 0.3) is 6.20 Å². The fourth-order valence-corrected chi connectivity index (χ4v) is 6.85. The third-order valence-corrected chi connectivity index (χ3v) is 8.91. The number of tetrazole rings is 1. The van der Waals surface area contributed by atoms with Crippen molar-refractivity contribution in [1.29, 1.82) is 0 Å². The van der Waals surface area contributed by atoms with Crippen LogP contribution < -0.4 is 15.9 Å². The number of nitrogen functional groups attached to an aromatic ring is 1. The summed E-state index contributed by atoms with van der Waals surface area (Å²) in [6.45, 7) is 0. The molecule has 2 aromatic heterocycles. The van der Waals surface area contributed by atoms with E-state index in [9.17, 15) is 24.3 Å². The average Bonchev–Trinajstić information content (AvgIpc) is 3.63. The topological polar surface area (TPSA) is 228 Å². The number of hydrogen-bond acceptors (Lipinski definition) is 14. The van der Waals surface area contributed by atoms with Crippen LogP contribution in [-0.2, 0) is 19.2 Å². The number of anilines is 1. The second kappa shape index (κ2) is 13.0. The number of benzene rings is 1. The van der Waals surface area contributed by atoms with E-state index in [2.05, 4.69) is 31.0 Å². The molecule has 5 N–H and O–H groups in total. The molecule has 1 aromatic carbocycles. The van der Waals surface area contributed by atoms with Crippen LogP contribution in [-0.4, -0.2) is 92.7 Å². The highest BCUT2D eigenvalue weighted by molar-refractivity contribution is 8.01. The zero-order valence-corrected chi connectivity index (χ0v) is 24.2. The summed E-state index contributed by atoms with van der Waals surface area (Å²) in [7, 11) is 0. The third-order valence-electron chi connectivity index (χ3n) is 5.88. The Labute approximate surface area is 254 Å². The van der Waals surface area contributed by atoms with Crippen LogP contribution in [0.2, 0.25) is 0 Å². The van der Waals surface area contributed by atoms with E-state index in [1.807, 2.05) is 0 Å². The highest BCUT2D eigenvalue weighted by atomic mass is 32.2. The molecule has 0 aliphatic carbocycles. The Balaban J connectivity index is 1.29. The molecule has 222 valence electrons. The number of nitrogens with one attached hydrogen (secondary N) is 1. The fraction of sp³-hybridized carbons (Fsp3) is 0.208. The van der Waals surface area contributed by atoms with Gasteiger partial charge >= 0.3 is 11.9 Å². The number of aliphatic carboxylic acids is 2. The minimum Gasteiger partial charge on any atom is -0.481 e. The number of nitrogens with zero attached hydrogens (tertiary/aromatic N) is 7. The maximum Gasteiger partial charge on any atom is 0.352 e. The van der Waals surface area contributed by atoms with E-state index >= 15 is 0 Å². The molecule has 19 heteroatoms. The number of nitrogens with two attached hydrogens (primary N) is 1. The van der Waals surface area contributed by atoms with Gasteiger partial charge in [0.05, 0.1) is 6.42 Å². The number of carbonyl (C=O) groups is 4. The zero-order valence-electron chi connectivity index (χ0n) is 21.8. The first kappa shape index (κ1) is 29.7. The zero-order chi connectivity index (χ0) is 30.5. The molecule has 0 bridgehead atoms. The van der Waals surface area contributed by atoms with Crippen LogP contribution in [0.4, 0.5) is 5.13 Å². The van der Waals surface area contributed by atoms with E-state index in [0.29, 0.717) is 16.5 Å². The van der Waals surface area contributed by atoms with Gasteiger partial charge in [0.2, 0.25) is 5.16 Å². The summed E-state index contributed by atoms with van der Waals surface area (Å²) in [6, 6.07) is 7.52. The minimum absolute atomic E-state index is 0.147. The van der Waals surface area contributed by atoms with Crippen LogP contribution in [0.1, 0.15) is 12.1 Å². The number of fused-ring (bicyclic) bond motifs is 1. The summed E-state index contributed by atoms with van der Waals surface area (Å²) >= 11 is 3.52. The normalized spacial score (nSPS) is 18.4. The molecule has 4 heterocycles. The Morgan fingerprint density at radius 1 is 1.26 bits per heavy atom. The molecule has 43 heavy (non-hydrogen) atoms. The fourth-order valence-electron chi connectivity index (χ4n) is 3.96. The van der Waals surface area contributed by atoms with E-state index < -0.39 is 35.2 Å². The summed E-state index contributed by atoms with van der Waals surface area (Å²) < 4.78 is 1.27. The molecule has 16 nitrogen and oxygen atoms in total. The van der Waals surface area contributed by atoms with Gasteiger partial charge in [0, 0.05) is 23.1 Å². The average molecular weight is 644 g/mol. The van der Waals surface area contributed by atoms with Gasteiger partial charge < -0.3 is 26.1 Å². The van der Waals surface area contributed by atoms with Crippen LogP contribution >= 0.6 is 34.9 Å². The van der Waals surface area contributed by atoms with Crippen LogP contribution in [0.5, 0.6) is 5.75 Å². The van der Waals surface area contributed by atoms with E-state index in [1.165, 1.54) is 34.1 Å². The SMILES string of the molecule is Nc1nc(/C(=N\Oc2ccccc2)C(=O)NC2C(=O)N3C(C(=O)O)=C(CSc4nnnn4/C=C/CC(=O)O)CSC23)cs1. The summed E-state index contributed by atoms with van der Waals surface area (Å²) in [5, 5.41) is 38.0. The molecule has 0 saturated carbocycles. The standard InChI is InChI=1S/C24H21N9O7S3/c25-23-26-14(11-42-23)16(29-40-13-5-2-1-3-6-13)19(36)27-17-20(37)33-18(22(38)39)12(9-41-21(17)33)10-43-24-28-30-31-32(24)8-4-7-15(34)35/h1-6,8,11,17,21H,7,9-10H2,(H2,25,26)(H,27,36)(H,34,35)(H,38,39)/b8-4+,29-16+. The lowest BCUT2D eigenvalue weighted by Gasteiger charge is -2.49. The number of hydrogen-bond donors (Lipinski definition) is 4. The number of carboxylic acid groups (broad SMARTS) is 2. The molecule has 5 rings (SSSR count). The molecule has 3 aromatic rings. The number of carbonyl (C=O) groups excluding carboxylic acids is 2. The Morgan fingerprint density at radius 2 is 2.05 bits per heavy atom. The summed E-state index contributed by atoms with van der Waals surface area (Å²) in [4.78, 5) is 60.1. The molecule has 2 unspecified atom stereocenters. The first-order valence-electron chi connectivity index (χ1n) is 12.2. The van der Waals surface area contributed by atoms with E-state index in [1.54, 1.807) is 30.3 Å². The van der Waals surface area contributed by atoms with Gasteiger partial charge in [-0.25, -0.2) is 9.78 Å². The van der Waals surface area contributed by atoms with Gasteiger partial charge in [0.15, 0.2) is 16.6 Å². The van der Waals surface area contributed by atoms with E-state index in [4.69, 9.17) is 15.7 Å². The summed E-state index contributed by atoms with van der Waals surface area (Å²) in [6.07, 6.45) is 2.53. The molecule has 1 saturated heterocycles. The number of para-hydroxylation sites is 1. The lowest BCUT2D eigenvalue weighted by atomic mass is 10.0. The highest BCUT2D eigenvalue weighted by Crippen LogP contribution is 2.41. The summed E-state index contributed by atoms with van der Waals surface area (Å²) in [5.74, 6) is -2.89. The number of thioether (sulfide) groups is 2. The molecule has 0 radical (unpaired) electrons. The van der Waals surface area contributed by atoms with Crippen molar-refractivity contribution in [3.63, 3.8) is 0 Å². The Bertz CT molecular complexity index is 1650. The van der Waals surface area contributed by atoms with Crippen molar-refractivity contribution in [2.45, 2.75) is 23.0 Å². The van der Waals surface area contributed by atoms with Crippen molar-refractivity contribution in [2.75, 3.05) is 17.2 Å². The summed E-state index contributed by atoms with van der Waals surface area (Å²) in [5.41, 5.74) is 5.97. The maximum absolute atomic E-state index is 13.3. The van der Waals surface area contributed by atoms with Crippen molar-refractivity contribution < 1.29 is 34.2 Å². The Hall–Kier alpha value is -4.75. The first-order valence-corrected chi connectivity index (χ1v) is 15.2. The van der Waals surface area contributed by atoms with Crippen molar-refractivity contribution >= 4 is 75.7 Å². The van der Waals surface area contributed by atoms with Gasteiger partial charge in [-0.1, -0.05) is 41.2 Å². The second-order valence-corrected chi connectivity index (χ2v) is 11.6. The van der Waals surface area contributed by atoms with Gasteiger partial charge in [-0.15, -0.1) is 28.2 Å². The Morgan fingerprint density at radius 3 is 2.74 bits per heavy atom. The maximum atomic E-state index is 13.3. The lowest BCUT2D eigenvalue weighted by molar-refractivity contribution is -0.150. The number of thiazole rings is 1. The Kier molecular flexibility index (Phi) is 9.02. The van der Waals surface area contributed by atoms with E-state index in [0.717, 1.165) is 28.0 Å². The predicted octanol–water partition coefficient (Wildman–Crippen LogP) is 0.971. The predicted molar refractivity (Wildman–Crippen MR) is 156 cm³/mol. The van der Waals surface area contributed by atoms with E-state index in [-0.39, 0.29) is 40.2 Å². The number of carboxylic acids is 2. The van der Waals surface area contributed by atoms with Crippen molar-refractivity contribution in [3.05, 3.63) is 58.8 Å². The van der Waals surface area contributed by atoms with Crippen LogP contribution in [0, 0.1) is 0 Å². The lowest BCUT2D eigenvalue weighted by Crippen LogP contribution is -2.71. The second-order valence-electron chi connectivity index (χ2n) is 8.71. The monoisotopic (exact) mass is 643 g/mol. The molecule has 2 aliphatic rings. The van der Waals surface area contributed by atoms with Gasteiger partial charge in [0.25, 0.3) is 11.8 Å². The van der Waals surface area contributed by atoms with Crippen LogP contribution in [0.15, 0.2) is 63.4 Å². The molecular formula is C24H21N9O7S3. The number of amides is 2. The number of rotatable bonds is 12. The van der Waals surface area contributed by atoms with Gasteiger partial charge in [-0.05, 0) is 28.1 Å². The minimum atomic E-state index is -1.29. The number of β-lactam (4-membered cyclic amide) rings is 1. The van der Waals surface area contributed by atoms with Crippen molar-refractivity contribution in [1.82, 2.24) is 35.4 Å². The molecular weight excluding hydrogens is 623 g/mol. The van der Waals surface area contributed by atoms with Gasteiger partial charge in [-0.3, -0.25) is 19.3 Å². The van der Waals surface area contributed by atoms with Crippen LogP contribution in [0.3, 0.4) is 0 Å². The van der Waals surface area contributed by atoms with Crippen molar-refractivity contribution in [3.8, 4) is 5.75 Å². The highest BCUT2D eigenvalue weighted by Gasteiger charge is 2.54. The van der Waals surface area contributed by atoms with Gasteiger partial charge in [-0.2, -0.15) is 4.68 Å². The van der Waals surface area contributed by atoms with Crippen molar-refractivity contribution in [2.24, 2.45) is 5.16 Å². The number of oxime groups is 1. The smallest absolute Gasteiger partial charge is 0.352 e. The third kappa shape index (κ3) is 6.68. The molecule has 2 aliphatic heterocycles. The number of aromatic nitrogens is 5. The van der Waals surface area contributed by atoms with Gasteiger partial charge in [0.1, 0.15) is 22.8 Å². The molecule has 0 spiro atoms.